The zero-order valence-electron chi connectivity index (χ0n) is 15.2. The third-order valence-electron chi connectivity index (χ3n) is 5.40. The van der Waals surface area contributed by atoms with Gasteiger partial charge in [-0.05, 0) is 37.5 Å². The molecule has 2 N–H and O–H groups in total. The molecular weight excluding hydrogens is 318 g/mol. The molecule has 2 saturated heterocycles. The highest BCUT2D eigenvalue weighted by molar-refractivity contribution is 5.81. The van der Waals surface area contributed by atoms with E-state index in [0.717, 1.165) is 44.8 Å². The zero-order chi connectivity index (χ0) is 17.8. The van der Waals surface area contributed by atoms with Gasteiger partial charge in [0.2, 0.25) is 0 Å². The van der Waals surface area contributed by atoms with Crippen LogP contribution in [0.5, 0.6) is 5.75 Å². The fraction of sp³-hybridized carbons (Fsp3) is 0.632. The Hall–Kier alpha value is -1.63. The van der Waals surface area contributed by atoms with Crippen molar-refractivity contribution in [3.63, 3.8) is 0 Å². The first-order valence-corrected chi connectivity index (χ1v) is 9.14. The Bertz CT molecular complexity index is 587. The van der Waals surface area contributed by atoms with Gasteiger partial charge in [-0.15, -0.1) is 0 Å². The summed E-state index contributed by atoms with van der Waals surface area (Å²) in [7, 11) is 1.69. The van der Waals surface area contributed by atoms with Crippen LogP contribution >= 0.6 is 0 Å². The number of carbonyl (C=O) groups excluding carboxylic acids is 1. The molecule has 2 aliphatic heterocycles. The molecule has 2 aliphatic rings. The third-order valence-corrected chi connectivity index (χ3v) is 5.40. The summed E-state index contributed by atoms with van der Waals surface area (Å²) in [6.45, 7) is 5.95. The SMILES string of the molecule is COc1cccc(C(C)N2CCN(C(=O)[C@@H]3CC[C@H](CN)O3)CC2)c1. The van der Waals surface area contributed by atoms with Gasteiger partial charge in [0.25, 0.3) is 5.91 Å². The molecule has 0 saturated carbocycles. The molecule has 3 atom stereocenters. The van der Waals surface area contributed by atoms with Crippen molar-refractivity contribution < 1.29 is 14.3 Å². The van der Waals surface area contributed by atoms with E-state index in [1.54, 1.807) is 7.11 Å². The number of nitrogens with zero attached hydrogens (tertiary/aromatic N) is 2. The molecule has 0 spiro atoms. The first-order valence-electron chi connectivity index (χ1n) is 9.14. The van der Waals surface area contributed by atoms with Gasteiger partial charge in [0.05, 0.1) is 13.2 Å². The molecule has 2 fully saturated rings. The highest BCUT2D eigenvalue weighted by Crippen LogP contribution is 2.26. The number of ether oxygens (including phenoxy) is 2. The summed E-state index contributed by atoms with van der Waals surface area (Å²) in [5.41, 5.74) is 6.88. The van der Waals surface area contributed by atoms with Crippen LogP contribution in [0.4, 0.5) is 0 Å². The molecule has 3 rings (SSSR count). The molecule has 6 heteroatoms. The second kappa shape index (κ2) is 8.17. The van der Waals surface area contributed by atoms with Gasteiger partial charge in [0, 0.05) is 38.8 Å². The number of methoxy groups -OCH3 is 1. The number of amides is 1. The molecule has 1 unspecified atom stereocenters. The van der Waals surface area contributed by atoms with E-state index in [1.807, 2.05) is 17.0 Å². The number of hydrogen-bond acceptors (Lipinski definition) is 5. The lowest BCUT2D eigenvalue weighted by Gasteiger charge is -2.39. The molecule has 1 amide bonds. The average Bonchev–Trinajstić information content (AvgIpc) is 3.16. The van der Waals surface area contributed by atoms with Crippen molar-refractivity contribution in [1.82, 2.24) is 9.80 Å². The Morgan fingerprint density at radius 2 is 2.08 bits per heavy atom. The van der Waals surface area contributed by atoms with E-state index < -0.39 is 0 Å². The normalized spacial score (nSPS) is 25.8. The molecule has 2 heterocycles. The Morgan fingerprint density at radius 3 is 2.72 bits per heavy atom. The average molecular weight is 347 g/mol. The van der Waals surface area contributed by atoms with Crippen molar-refractivity contribution in [2.75, 3.05) is 39.8 Å². The fourth-order valence-electron chi connectivity index (χ4n) is 3.71. The lowest BCUT2D eigenvalue weighted by molar-refractivity contribution is -0.144. The smallest absolute Gasteiger partial charge is 0.251 e. The van der Waals surface area contributed by atoms with Crippen LogP contribution in [0.15, 0.2) is 24.3 Å². The van der Waals surface area contributed by atoms with Crippen molar-refractivity contribution in [2.24, 2.45) is 5.73 Å². The Labute approximate surface area is 149 Å². The van der Waals surface area contributed by atoms with Gasteiger partial charge in [-0.1, -0.05) is 12.1 Å². The predicted molar refractivity (Wildman–Crippen MR) is 96.5 cm³/mol. The standard InChI is InChI=1S/C19H29N3O3/c1-14(15-4-3-5-16(12-15)24-2)21-8-10-22(11-9-21)19(23)18-7-6-17(13-20)25-18/h3-5,12,14,17-18H,6-11,13,20H2,1-2H3/t14?,17-,18+/m1/s1. The Balaban J connectivity index is 1.53. The summed E-state index contributed by atoms with van der Waals surface area (Å²) >= 11 is 0. The van der Waals surface area contributed by atoms with E-state index in [2.05, 4.69) is 24.0 Å². The molecule has 0 radical (unpaired) electrons. The van der Waals surface area contributed by atoms with Crippen molar-refractivity contribution in [2.45, 2.75) is 38.0 Å². The second-order valence-corrected chi connectivity index (χ2v) is 6.87. The van der Waals surface area contributed by atoms with Gasteiger partial charge < -0.3 is 20.1 Å². The minimum Gasteiger partial charge on any atom is -0.497 e. The quantitative estimate of drug-likeness (QED) is 0.872. The maximum Gasteiger partial charge on any atom is 0.251 e. The van der Waals surface area contributed by atoms with Crippen molar-refractivity contribution in [1.29, 1.82) is 0 Å². The molecule has 0 aromatic heterocycles. The van der Waals surface area contributed by atoms with E-state index >= 15 is 0 Å². The minimum atomic E-state index is -0.295. The van der Waals surface area contributed by atoms with Crippen LogP contribution in [0.25, 0.3) is 0 Å². The van der Waals surface area contributed by atoms with E-state index in [0.29, 0.717) is 12.6 Å². The van der Waals surface area contributed by atoms with Crippen LogP contribution < -0.4 is 10.5 Å². The van der Waals surface area contributed by atoms with Crippen LogP contribution in [0.1, 0.15) is 31.4 Å². The lowest BCUT2D eigenvalue weighted by atomic mass is 10.1. The maximum absolute atomic E-state index is 12.6. The van der Waals surface area contributed by atoms with Gasteiger partial charge in [0.15, 0.2) is 0 Å². The highest BCUT2D eigenvalue weighted by atomic mass is 16.5. The zero-order valence-corrected chi connectivity index (χ0v) is 15.2. The molecule has 0 aliphatic carbocycles. The fourth-order valence-corrected chi connectivity index (χ4v) is 3.71. The molecular formula is C19H29N3O3. The molecule has 6 nitrogen and oxygen atoms in total. The Morgan fingerprint density at radius 1 is 1.32 bits per heavy atom. The van der Waals surface area contributed by atoms with Gasteiger partial charge in [-0.2, -0.15) is 0 Å². The van der Waals surface area contributed by atoms with Gasteiger partial charge in [-0.3, -0.25) is 9.69 Å². The summed E-state index contributed by atoms with van der Waals surface area (Å²) in [6.07, 6.45) is 1.43. The summed E-state index contributed by atoms with van der Waals surface area (Å²) in [5, 5.41) is 0. The largest absolute Gasteiger partial charge is 0.497 e. The highest BCUT2D eigenvalue weighted by Gasteiger charge is 2.34. The van der Waals surface area contributed by atoms with E-state index in [-0.39, 0.29) is 18.1 Å². The lowest BCUT2D eigenvalue weighted by Crippen LogP contribution is -2.51. The number of nitrogens with two attached hydrogens (primary N) is 1. The van der Waals surface area contributed by atoms with E-state index in [4.69, 9.17) is 15.2 Å². The number of hydrogen-bond donors (Lipinski definition) is 1. The topological polar surface area (TPSA) is 68.0 Å². The van der Waals surface area contributed by atoms with Crippen LogP contribution in [0, 0.1) is 0 Å². The van der Waals surface area contributed by atoms with Crippen molar-refractivity contribution >= 4 is 5.91 Å². The molecule has 138 valence electrons. The van der Waals surface area contributed by atoms with E-state index in [1.165, 1.54) is 5.56 Å². The molecule has 25 heavy (non-hydrogen) atoms. The van der Waals surface area contributed by atoms with Gasteiger partial charge >= 0.3 is 0 Å². The summed E-state index contributed by atoms with van der Waals surface area (Å²) in [4.78, 5) is 17.0. The maximum atomic E-state index is 12.6. The summed E-state index contributed by atoms with van der Waals surface area (Å²) < 4.78 is 11.1. The number of rotatable bonds is 5. The van der Waals surface area contributed by atoms with E-state index in [9.17, 15) is 4.79 Å². The Kier molecular flexibility index (Phi) is 5.93. The van der Waals surface area contributed by atoms with Crippen LogP contribution in [-0.4, -0.2) is 67.7 Å². The molecule has 1 aromatic rings. The minimum absolute atomic E-state index is 0.0447. The summed E-state index contributed by atoms with van der Waals surface area (Å²) in [5.74, 6) is 1.01. The van der Waals surface area contributed by atoms with Gasteiger partial charge in [-0.25, -0.2) is 0 Å². The monoisotopic (exact) mass is 347 g/mol. The third kappa shape index (κ3) is 4.14. The van der Waals surface area contributed by atoms with Crippen LogP contribution in [0.3, 0.4) is 0 Å². The van der Waals surface area contributed by atoms with Crippen molar-refractivity contribution in [3.8, 4) is 5.75 Å². The van der Waals surface area contributed by atoms with Gasteiger partial charge in [0.1, 0.15) is 11.9 Å². The first kappa shape index (κ1) is 18.2. The number of carbonyl (C=O) groups is 1. The van der Waals surface area contributed by atoms with Crippen LogP contribution in [-0.2, 0) is 9.53 Å². The molecule has 0 bridgehead atoms. The number of piperazine rings is 1. The molecule has 1 aromatic carbocycles. The first-order chi connectivity index (χ1) is 12.1. The second-order valence-electron chi connectivity index (χ2n) is 6.87. The predicted octanol–water partition coefficient (Wildman–Crippen LogP) is 1.41. The number of benzene rings is 1. The van der Waals surface area contributed by atoms with Crippen molar-refractivity contribution in [3.05, 3.63) is 29.8 Å². The van der Waals surface area contributed by atoms with Crippen LogP contribution in [0.2, 0.25) is 0 Å². The summed E-state index contributed by atoms with van der Waals surface area (Å²) in [6, 6.07) is 8.50.